The van der Waals surface area contributed by atoms with Gasteiger partial charge in [-0.05, 0) is 83.1 Å². The number of benzene rings is 2. The Morgan fingerprint density at radius 3 is 2.47 bits per heavy atom. The van der Waals surface area contributed by atoms with Crippen LogP contribution in [0, 0.1) is 5.92 Å². The number of fused-ring (bicyclic) bond motifs is 2. The topological polar surface area (TPSA) is 63.8 Å². The third-order valence-electron chi connectivity index (χ3n) is 9.58. The third-order valence-corrected chi connectivity index (χ3v) is 10.1. The second-order valence-corrected chi connectivity index (χ2v) is 13.7. The zero-order valence-corrected chi connectivity index (χ0v) is 28.5. The van der Waals surface area contributed by atoms with Crippen molar-refractivity contribution < 1.29 is 32.0 Å². The molecular formula is C38H46Cl2N2O3. The summed E-state index contributed by atoms with van der Waals surface area (Å²) in [6, 6.07) is 17.0. The van der Waals surface area contributed by atoms with E-state index in [4.69, 9.17) is 16.7 Å². The van der Waals surface area contributed by atoms with Crippen LogP contribution in [0.1, 0.15) is 83.8 Å². The minimum Gasteiger partial charge on any atom is -1.00 e. The van der Waals surface area contributed by atoms with Crippen LogP contribution in [-0.2, 0) is 15.6 Å². The molecule has 2 aromatic rings. The number of carboxylic acids is 1. The van der Waals surface area contributed by atoms with Crippen molar-refractivity contribution in [2.45, 2.75) is 83.5 Å². The third kappa shape index (κ3) is 7.03. The van der Waals surface area contributed by atoms with E-state index in [0.717, 1.165) is 55.1 Å². The van der Waals surface area contributed by atoms with Crippen molar-refractivity contribution in [1.29, 1.82) is 0 Å². The summed E-state index contributed by atoms with van der Waals surface area (Å²) < 4.78 is 2.24. The van der Waals surface area contributed by atoms with Crippen LogP contribution in [0.2, 0.25) is 0 Å². The van der Waals surface area contributed by atoms with Crippen LogP contribution in [-0.4, -0.2) is 46.2 Å². The lowest BCUT2D eigenvalue weighted by atomic mass is 9.81. The summed E-state index contributed by atoms with van der Waals surface area (Å²) >= 11 is 7.14. The number of allylic oxidation sites excluding steroid dienone is 5. The number of anilines is 1. The summed E-state index contributed by atoms with van der Waals surface area (Å²) in [5.74, 6) is -0.632. The van der Waals surface area contributed by atoms with Crippen molar-refractivity contribution in [2.75, 3.05) is 24.6 Å². The molecule has 2 aromatic carbocycles. The van der Waals surface area contributed by atoms with Crippen LogP contribution in [0.25, 0.3) is 0 Å². The summed E-state index contributed by atoms with van der Waals surface area (Å²) in [6.45, 7) is 10.5. The van der Waals surface area contributed by atoms with Crippen molar-refractivity contribution >= 4 is 34.7 Å². The Labute approximate surface area is 279 Å². The second-order valence-electron chi connectivity index (χ2n) is 13.3. The highest BCUT2D eigenvalue weighted by Gasteiger charge is 2.44. The Morgan fingerprint density at radius 1 is 1.02 bits per heavy atom. The first-order valence-corrected chi connectivity index (χ1v) is 16.4. The number of rotatable bonds is 11. The average Bonchev–Trinajstić information content (AvgIpc) is 3.34. The molecule has 1 unspecified atom stereocenters. The fourth-order valence-corrected chi connectivity index (χ4v) is 7.52. The summed E-state index contributed by atoms with van der Waals surface area (Å²) in [6.07, 6.45) is 12.3. The SMILES string of the molecule is CC1(C)C(=C=CC2CCCC(/C=C/C3=[N+](CCO)c4ccccc4C3(C)C)=C2Cl)N(CCCCCC(=O)O)c2ccccc21.[Cl-]. The lowest BCUT2D eigenvalue weighted by molar-refractivity contribution is -0.441. The zero-order chi connectivity index (χ0) is 31.5. The molecule has 0 saturated heterocycles. The Morgan fingerprint density at radius 2 is 1.73 bits per heavy atom. The lowest BCUT2D eigenvalue weighted by Crippen LogP contribution is -3.00. The molecule has 0 aromatic heterocycles. The van der Waals surface area contributed by atoms with Crippen LogP contribution >= 0.6 is 11.6 Å². The molecule has 0 amide bonds. The molecule has 2 heterocycles. The fourth-order valence-electron chi connectivity index (χ4n) is 7.19. The summed E-state index contributed by atoms with van der Waals surface area (Å²) in [4.78, 5) is 13.3. The molecule has 2 aliphatic heterocycles. The largest absolute Gasteiger partial charge is 1.00 e. The average molecular weight is 650 g/mol. The smallest absolute Gasteiger partial charge is 0.303 e. The molecular weight excluding hydrogens is 603 g/mol. The van der Waals surface area contributed by atoms with Gasteiger partial charge in [0.25, 0.3) is 0 Å². The molecule has 0 spiro atoms. The Bertz CT molecular complexity index is 1580. The Balaban J connectivity index is 0.00000461. The molecule has 0 fully saturated rings. The molecule has 7 heteroatoms. The first-order valence-electron chi connectivity index (χ1n) is 16.1. The summed E-state index contributed by atoms with van der Waals surface area (Å²) in [5.41, 5.74) is 11.8. The van der Waals surface area contributed by atoms with Gasteiger partial charge in [-0.15, -0.1) is 5.73 Å². The van der Waals surface area contributed by atoms with E-state index in [2.05, 4.69) is 110 Å². The van der Waals surface area contributed by atoms with E-state index in [1.165, 1.54) is 28.1 Å². The van der Waals surface area contributed by atoms with Gasteiger partial charge in [-0.2, -0.15) is 4.58 Å². The number of hydrogen-bond acceptors (Lipinski definition) is 3. The molecule has 0 saturated carbocycles. The van der Waals surface area contributed by atoms with E-state index in [1.54, 1.807) is 0 Å². The maximum absolute atomic E-state index is 11.0. The van der Waals surface area contributed by atoms with E-state index in [-0.39, 0.29) is 42.2 Å². The van der Waals surface area contributed by atoms with E-state index >= 15 is 0 Å². The molecule has 45 heavy (non-hydrogen) atoms. The van der Waals surface area contributed by atoms with Gasteiger partial charge in [0.05, 0.1) is 11.1 Å². The van der Waals surface area contributed by atoms with Gasteiger partial charge >= 0.3 is 5.97 Å². The van der Waals surface area contributed by atoms with Gasteiger partial charge in [0.2, 0.25) is 5.69 Å². The number of para-hydroxylation sites is 2. The highest BCUT2D eigenvalue weighted by molar-refractivity contribution is 6.30. The molecule has 5 rings (SSSR count). The lowest BCUT2D eigenvalue weighted by Gasteiger charge is -2.26. The van der Waals surface area contributed by atoms with Crippen molar-refractivity contribution in [3.63, 3.8) is 0 Å². The number of unbranched alkanes of at least 4 members (excludes halogenated alkanes) is 2. The number of aliphatic hydroxyl groups is 1. The van der Waals surface area contributed by atoms with Gasteiger partial charge in [-0.3, -0.25) is 4.79 Å². The van der Waals surface area contributed by atoms with Crippen LogP contribution in [0.4, 0.5) is 11.4 Å². The number of β-amino-alcohol motifs (C(OH)–C–C–N with tert-alkyl or cyclic N) is 1. The van der Waals surface area contributed by atoms with Crippen LogP contribution in [0.3, 0.4) is 0 Å². The number of aliphatic hydroxyl groups excluding tert-OH is 1. The molecule has 0 radical (unpaired) electrons. The number of aliphatic carboxylic acids is 1. The maximum atomic E-state index is 11.0. The minimum atomic E-state index is -0.731. The van der Waals surface area contributed by atoms with E-state index in [0.29, 0.717) is 13.0 Å². The Hall–Kier alpha value is -3.08. The van der Waals surface area contributed by atoms with Crippen LogP contribution in [0.5, 0.6) is 0 Å². The summed E-state index contributed by atoms with van der Waals surface area (Å²) in [5, 5.41) is 19.7. The normalized spacial score (nSPS) is 19.8. The summed E-state index contributed by atoms with van der Waals surface area (Å²) in [7, 11) is 0. The van der Waals surface area contributed by atoms with Gasteiger partial charge in [0.1, 0.15) is 6.61 Å². The van der Waals surface area contributed by atoms with Crippen molar-refractivity contribution in [3.8, 4) is 0 Å². The van der Waals surface area contributed by atoms with E-state index in [1.807, 2.05) is 0 Å². The quantitative estimate of drug-likeness (QED) is 0.195. The van der Waals surface area contributed by atoms with Crippen molar-refractivity contribution in [1.82, 2.24) is 0 Å². The highest BCUT2D eigenvalue weighted by atomic mass is 35.5. The Kier molecular flexibility index (Phi) is 11.3. The van der Waals surface area contributed by atoms with Crippen molar-refractivity contribution in [3.05, 3.63) is 99.9 Å². The fraction of sp³-hybridized carbons (Fsp3) is 0.447. The van der Waals surface area contributed by atoms with Crippen LogP contribution < -0.4 is 17.3 Å². The molecule has 1 atom stereocenters. The van der Waals surface area contributed by atoms with Gasteiger partial charge < -0.3 is 27.5 Å². The van der Waals surface area contributed by atoms with Crippen molar-refractivity contribution in [2.24, 2.45) is 5.92 Å². The molecule has 0 bridgehead atoms. The monoisotopic (exact) mass is 648 g/mol. The van der Waals surface area contributed by atoms with E-state index < -0.39 is 5.97 Å². The number of carbonyl (C=O) groups is 1. The van der Waals surface area contributed by atoms with E-state index in [9.17, 15) is 9.90 Å². The predicted octanol–water partition coefficient (Wildman–Crippen LogP) is 5.39. The maximum Gasteiger partial charge on any atom is 0.303 e. The van der Waals surface area contributed by atoms with Gasteiger partial charge in [0, 0.05) is 52.7 Å². The number of nitrogens with zero attached hydrogens (tertiary/aromatic N) is 2. The second kappa shape index (κ2) is 14.6. The molecule has 5 nitrogen and oxygen atoms in total. The number of carboxylic acid groups (broad SMARTS) is 1. The molecule has 2 N–H and O–H groups in total. The first kappa shape index (κ1) is 34.8. The highest BCUT2D eigenvalue weighted by Crippen LogP contribution is 2.47. The van der Waals surface area contributed by atoms with Gasteiger partial charge in [0.15, 0.2) is 12.3 Å². The zero-order valence-electron chi connectivity index (χ0n) is 27.0. The van der Waals surface area contributed by atoms with Gasteiger partial charge in [-0.25, -0.2) is 0 Å². The molecule has 3 aliphatic rings. The molecule has 240 valence electrons. The first-order chi connectivity index (χ1) is 21.1. The van der Waals surface area contributed by atoms with Crippen LogP contribution in [0.15, 0.2) is 88.8 Å². The number of hydrogen-bond donors (Lipinski definition) is 2. The number of halogens is 2. The molecule has 1 aliphatic carbocycles. The minimum absolute atomic E-state index is 0. The predicted molar refractivity (Wildman–Crippen MR) is 180 cm³/mol. The van der Waals surface area contributed by atoms with Gasteiger partial charge in [-0.1, -0.05) is 60.5 Å². The standard InChI is InChI=1S/C38H45ClN2O3.ClH/c1-37(2)29-15-7-9-17-31(29)40(24-11-5-6-19-35(43)44)33(37)22-20-27-13-12-14-28(36(27)39)21-23-34-38(3,4)30-16-8-10-18-32(30)41(34)25-26-42;/h7-10,15-18,20-21,23,27,42H,5-6,11-14,19,24-26H2,1-4H3;1H/b23-21+;.